The van der Waals surface area contributed by atoms with Gasteiger partial charge in [0.25, 0.3) is 5.69 Å². The lowest BCUT2D eigenvalue weighted by Crippen LogP contribution is -2.44. The summed E-state index contributed by atoms with van der Waals surface area (Å²) in [4.78, 5) is 33.8. The molecule has 158 valence electrons. The average molecular weight is 450 g/mol. The van der Waals surface area contributed by atoms with Gasteiger partial charge in [-0.15, -0.1) is 11.8 Å². The first-order chi connectivity index (χ1) is 14.4. The number of carbonyl (C=O) groups excluding carboxylic acids is 2. The predicted octanol–water partition coefficient (Wildman–Crippen LogP) is 2.29. The van der Waals surface area contributed by atoms with Gasteiger partial charge in [0.15, 0.2) is 5.11 Å². The number of hydrogen-bond acceptors (Lipinski definition) is 7. The Balaban J connectivity index is 1.63. The van der Waals surface area contributed by atoms with Crippen molar-refractivity contribution in [3.63, 3.8) is 0 Å². The normalized spacial score (nSPS) is 9.90. The number of hydrogen-bond donors (Lipinski definition) is 4. The quantitative estimate of drug-likeness (QED) is 0.272. The van der Waals surface area contributed by atoms with Crippen LogP contribution in [0.2, 0.25) is 0 Å². The molecule has 2 aromatic carbocycles. The highest BCUT2D eigenvalue weighted by molar-refractivity contribution is 8.00. The molecule has 0 unspecified atom stereocenters. The zero-order chi connectivity index (χ0) is 21.9. The van der Waals surface area contributed by atoms with E-state index in [1.54, 1.807) is 31.4 Å². The maximum Gasteiger partial charge on any atom is 0.269 e. The van der Waals surface area contributed by atoms with Gasteiger partial charge in [-0.1, -0.05) is 0 Å². The van der Waals surface area contributed by atoms with Crippen LogP contribution in [0.25, 0.3) is 0 Å². The molecule has 0 bridgehead atoms. The Morgan fingerprint density at radius 3 is 2.13 bits per heavy atom. The van der Waals surface area contributed by atoms with E-state index in [4.69, 9.17) is 17.0 Å². The Hall–Kier alpha value is -3.38. The Morgan fingerprint density at radius 2 is 1.53 bits per heavy atom. The highest BCUT2D eigenvalue weighted by Crippen LogP contribution is 2.16. The third-order valence-corrected chi connectivity index (χ3v) is 4.63. The van der Waals surface area contributed by atoms with E-state index in [-0.39, 0.29) is 34.1 Å². The van der Waals surface area contributed by atoms with Crippen LogP contribution < -0.4 is 26.2 Å². The SMILES string of the molecule is COc1ccc(NC(=O)CSCC(=O)NNC(=S)Nc2ccc([N+](=O)[O-])cc2)cc1. The van der Waals surface area contributed by atoms with Crippen molar-refractivity contribution in [2.45, 2.75) is 0 Å². The van der Waals surface area contributed by atoms with Gasteiger partial charge in [0, 0.05) is 23.5 Å². The number of carbonyl (C=O) groups is 2. The molecule has 30 heavy (non-hydrogen) atoms. The van der Waals surface area contributed by atoms with Crippen molar-refractivity contribution in [3.8, 4) is 5.75 Å². The number of nitrogens with zero attached hydrogens (tertiary/aromatic N) is 1. The molecule has 0 aromatic heterocycles. The Labute approximate surface area is 181 Å². The molecule has 0 saturated heterocycles. The maximum atomic E-state index is 11.9. The van der Waals surface area contributed by atoms with E-state index in [0.29, 0.717) is 17.1 Å². The van der Waals surface area contributed by atoms with Crippen LogP contribution in [-0.2, 0) is 9.59 Å². The second kappa shape index (κ2) is 11.6. The summed E-state index contributed by atoms with van der Waals surface area (Å²) < 4.78 is 5.05. The topological polar surface area (TPSA) is 135 Å². The van der Waals surface area contributed by atoms with Gasteiger partial charge in [-0.25, -0.2) is 0 Å². The summed E-state index contributed by atoms with van der Waals surface area (Å²) >= 11 is 6.17. The van der Waals surface area contributed by atoms with Crippen LogP contribution in [0, 0.1) is 10.1 Å². The standard InChI is InChI=1S/C18H19N5O5S2/c1-28-15-8-4-12(5-9-15)19-16(24)10-30-11-17(25)21-22-18(29)20-13-2-6-14(7-3-13)23(26)27/h2-9H,10-11H2,1H3,(H,19,24)(H,21,25)(H2,20,22,29). The largest absolute Gasteiger partial charge is 0.497 e. The van der Waals surface area contributed by atoms with Gasteiger partial charge >= 0.3 is 0 Å². The first-order valence-electron chi connectivity index (χ1n) is 8.49. The number of nitrogens with one attached hydrogen (secondary N) is 4. The van der Waals surface area contributed by atoms with Crippen LogP contribution in [-0.4, -0.2) is 40.5 Å². The zero-order valence-electron chi connectivity index (χ0n) is 15.8. The fourth-order valence-electron chi connectivity index (χ4n) is 2.10. The first kappa shape index (κ1) is 22.9. The second-order valence-electron chi connectivity index (χ2n) is 5.70. The van der Waals surface area contributed by atoms with E-state index in [0.717, 1.165) is 11.8 Å². The molecular weight excluding hydrogens is 430 g/mol. The monoisotopic (exact) mass is 449 g/mol. The predicted molar refractivity (Wildman–Crippen MR) is 120 cm³/mol. The molecule has 12 heteroatoms. The molecule has 0 aliphatic carbocycles. The maximum absolute atomic E-state index is 11.9. The molecule has 0 heterocycles. The number of ether oxygens (including phenoxy) is 1. The number of nitro benzene ring substituents is 1. The summed E-state index contributed by atoms with van der Waals surface area (Å²) in [6, 6.07) is 12.5. The van der Waals surface area contributed by atoms with Gasteiger partial charge in [0.05, 0.1) is 23.5 Å². The number of methoxy groups -OCH3 is 1. The van der Waals surface area contributed by atoms with Crippen molar-refractivity contribution in [1.29, 1.82) is 0 Å². The number of rotatable bonds is 8. The number of amides is 2. The van der Waals surface area contributed by atoms with Gasteiger partial charge in [-0.2, -0.15) is 0 Å². The van der Waals surface area contributed by atoms with Gasteiger partial charge in [0.2, 0.25) is 11.8 Å². The smallest absolute Gasteiger partial charge is 0.269 e. The summed E-state index contributed by atoms with van der Waals surface area (Å²) in [5.41, 5.74) is 6.04. The van der Waals surface area contributed by atoms with Crippen LogP contribution in [0.4, 0.5) is 17.1 Å². The van der Waals surface area contributed by atoms with E-state index in [2.05, 4.69) is 21.5 Å². The molecule has 2 amide bonds. The molecule has 0 radical (unpaired) electrons. The van der Waals surface area contributed by atoms with E-state index < -0.39 is 4.92 Å². The first-order valence-corrected chi connectivity index (χ1v) is 10.1. The highest BCUT2D eigenvalue weighted by Gasteiger charge is 2.08. The minimum Gasteiger partial charge on any atom is -0.497 e. The van der Waals surface area contributed by atoms with Crippen LogP contribution >= 0.6 is 24.0 Å². The summed E-state index contributed by atoms with van der Waals surface area (Å²) in [5, 5.41) is 16.2. The molecule has 2 rings (SSSR count). The number of hydrazine groups is 1. The Kier molecular flexibility index (Phi) is 8.84. The van der Waals surface area contributed by atoms with Crippen LogP contribution in [0.5, 0.6) is 5.75 Å². The number of anilines is 2. The van der Waals surface area contributed by atoms with Crippen molar-refractivity contribution in [2.75, 3.05) is 29.2 Å². The lowest BCUT2D eigenvalue weighted by Gasteiger charge is -2.11. The van der Waals surface area contributed by atoms with Crippen molar-refractivity contribution in [1.82, 2.24) is 10.9 Å². The van der Waals surface area contributed by atoms with E-state index >= 15 is 0 Å². The molecule has 0 aliphatic rings. The van der Waals surface area contributed by atoms with Crippen LogP contribution in [0.15, 0.2) is 48.5 Å². The third-order valence-electron chi connectivity index (χ3n) is 3.49. The van der Waals surface area contributed by atoms with E-state index in [1.807, 2.05) is 0 Å². The Morgan fingerprint density at radius 1 is 0.967 bits per heavy atom. The van der Waals surface area contributed by atoms with E-state index in [9.17, 15) is 19.7 Å². The second-order valence-corrected chi connectivity index (χ2v) is 7.09. The third kappa shape index (κ3) is 7.93. The zero-order valence-corrected chi connectivity index (χ0v) is 17.5. The fourth-order valence-corrected chi connectivity index (χ4v) is 2.89. The highest BCUT2D eigenvalue weighted by atomic mass is 32.2. The molecule has 2 aromatic rings. The lowest BCUT2D eigenvalue weighted by atomic mass is 10.3. The molecule has 0 atom stereocenters. The van der Waals surface area contributed by atoms with Crippen LogP contribution in [0.1, 0.15) is 0 Å². The number of thioether (sulfide) groups is 1. The van der Waals surface area contributed by atoms with Gasteiger partial charge < -0.3 is 15.4 Å². The molecule has 0 aliphatic heterocycles. The summed E-state index contributed by atoms with van der Waals surface area (Å²) in [7, 11) is 1.56. The summed E-state index contributed by atoms with van der Waals surface area (Å²) in [5.74, 6) is 0.229. The fraction of sp³-hybridized carbons (Fsp3) is 0.167. The average Bonchev–Trinajstić information content (AvgIpc) is 2.73. The number of nitro groups is 1. The minimum absolute atomic E-state index is 0.0409. The van der Waals surface area contributed by atoms with Gasteiger partial charge in [0.1, 0.15) is 5.75 Å². The van der Waals surface area contributed by atoms with Crippen molar-refractivity contribution >= 4 is 58.0 Å². The molecular formula is C18H19N5O5S2. The van der Waals surface area contributed by atoms with Crippen molar-refractivity contribution < 1.29 is 19.2 Å². The van der Waals surface area contributed by atoms with Gasteiger partial charge in [-0.05, 0) is 48.6 Å². The number of thiocarbonyl (C=S) groups is 1. The molecule has 4 N–H and O–H groups in total. The van der Waals surface area contributed by atoms with E-state index in [1.165, 1.54) is 24.3 Å². The number of non-ortho nitro benzene ring substituents is 1. The molecule has 0 spiro atoms. The number of benzene rings is 2. The minimum atomic E-state index is -0.504. The lowest BCUT2D eigenvalue weighted by molar-refractivity contribution is -0.384. The molecule has 0 saturated carbocycles. The Bertz CT molecular complexity index is 906. The summed E-state index contributed by atoms with van der Waals surface area (Å²) in [6.07, 6.45) is 0. The molecule has 10 nitrogen and oxygen atoms in total. The van der Waals surface area contributed by atoms with Crippen molar-refractivity contribution in [3.05, 3.63) is 58.6 Å². The molecule has 0 fully saturated rings. The van der Waals surface area contributed by atoms with Crippen molar-refractivity contribution in [2.24, 2.45) is 0 Å². The summed E-state index contributed by atoms with van der Waals surface area (Å²) in [6.45, 7) is 0. The van der Waals surface area contributed by atoms with Crippen LogP contribution in [0.3, 0.4) is 0 Å². The van der Waals surface area contributed by atoms with Gasteiger partial charge in [-0.3, -0.25) is 30.6 Å².